The molecule has 2 aromatic rings. The lowest BCUT2D eigenvalue weighted by Gasteiger charge is -2.20. The van der Waals surface area contributed by atoms with Crippen molar-refractivity contribution in [3.8, 4) is 11.1 Å². The van der Waals surface area contributed by atoms with Gasteiger partial charge in [-0.3, -0.25) is 9.48 Å². The summed E-state index contributed by atoms with van der Waals surface area (Å²) in [7, 11) is 1.85. The van der Waals surface area contributed by atoms with Crippen LogP contribution in [-0.4, -0.2) is 20.9 Å². The molecule has 1 aromatic heterocycles. The standard InChI is InChI=1S/C17H22N2O2/c1-11-16(14(10-15(20)21)18-19(11)5)12-7-6-8-13(9-12)17(2,3)4/h6-9H,10H2,1-5H3,(H,20,21). The van der Waals surface area contributed by atoms with Crippen molar-refractivity contribution in [2.75, 3.05) is 0 Å². The molecule has 0 spiro atoms. The van der Waals surface area contributed by atoms with Gasteiger partial charge in [-0.2, -0.15) is 5.10 Å². The third-order valence-electron chi connectivity index (χ3n) is 3.74. The zero-order valence-electron chi connectivity index (χ0n) is 13.3. The Labute approximate surface area is 125 Å². The maximum absolute atomic E-state index is 11.0. The molecule has 112 valence electrons. The quantitative estimate of drug-likeness (QED) is 0.941. The van der Waals surface area contributed by atoms with Gasteiger partial charge in [0.2, 0.25) is 0 Å². The van der Waals surface area contributed by atoms with Gasteiger partial charge in [-0.1, -0.05) is 45.0 Å². The molecule has 0 radical (unpaired) electrons. The number of carboxylic acids is 1. The molecular weight excluding hydrogens is 264 g/mol. The highest BCUT2D eigenvalue weighted by Gasteiger charge is 2.19. The van der Waals surface area contributed by atoms with Gasteiger partial charge in [0.15, 0.2) is 0 Å². The zero-order valence-corrected chi connectivity index (χ0v) is 13.3. The molecule has 0 fully saturated rings. The zero-order chi connectivity index (χ0) is 15.8. The molecule has 0 aliphatic rings. The Morgan fingerprint density at radius 1 is 1.33 bits per heavy atom. The minimum absolute atomic E-state index is 0.0546. The van der Waals surface area contributed by atoms with Gasteiger partial charge in [0.05, 0.1) is 12.1 Å². The number of rotatable bonds is 3. The summed E-state index contributed by atoms with van der Waals surface area (Å²) in [4.78, 5) is 11.0. The van der Waals surface area contributed by atoms with Crippen molar-refractivity contribution in [3.05, 3.63) is 41.2 Å². The average Bonchev–Trinajstić information content (AvgIpc) is 2.63. The van der Waals surface area contributed by atoms with E-state index in [1.807, 2.05) is 26.1 Å². The first-order valence-electron chi connectivity index (χ1n) is 7.05. The maximum Gasteiger partial charge on any atom is 0.309 e. The molecule has 21 heavy (non-hydrogen) atoms. The molecule has 1 aromatic carbocycles. The van der Waals surface area contributed by atoms with E-state index in [1.54, 1.807) is 4.68 Å². The fourth-order valence-electron chi connectivity index (χ4n) is 2.46. The van der Waals surface area contributed by atoms with Crippen LogP contribution < -0.4 is 0 Å². The van der Waals surface area contributed by atoms with E-state index in [2.05, 4.69) is 38.0 Å². The number of aliphatic carboxylic acids is 1. The Morgan fingerprint density at radius 3 is 2.57 bits per heavy atom. The summed E-state index contributed by atoms with van der Waals surface area (Å²) in [5.41, 5.74) is 4.85. The molecule has 0 unspecified atom stereocenters. The van der Waals surface area contributed by atoms with E-state index in [0.717, 1.165) is 16.8 Å². The number of carbonyl (C=O) groups is 1. The summed E-state index contributed by atoms with van der Waals surface area (Å²) in [5, 5.41) is 13.4. The van der Waals surface area contributed by atoms with Crippen LogP contribution >= 0.6 is 0 Å². The van der Waals surface area contributed by atoms with Crippen molar-refractivity contribution in [2.24, 2.45) is 7.05 Å². The first kappa shape index (κ1) is 15.3. The van der Waals surface area contributed by atoms with Crippen molar-refractivity contribution in [3.63, 3.8) is 0 Å². The van der Waals surface area contributed by atoms with Gasteiger partial charge in [0.25, 0.3) is 0 Å². The Kier molecular flexibility index (Phi) is 3.90. The van der Waals surface area contributed by atoms with Crippen LogP contribution in [-0.2, 0) is 23.7 Å². The molecular formula is C17H22N2O2. The fraction of sp³-hybridized carbons (Fsp3) is 0.412. The summed E-state index contributed by atoms with van der Waals surface area (Å²) in [6, 6.07) is 8.28. The average molecular weight is 286 g/mol. The minimum atomic E-state index is -0.860. The smallest absolute Gasteiger partial charge is 0.309 e. The van der Waals surface area contributed by atoms with E-state index < -0.39 is 5.97 Å². The summed E-state index contributed by atoms with van der Waals surface area (Å²) in [6.07, 6.45) is -0.0588. The van der Waals surface area contributed by atoms with Crippen molar-refractivity contribution < 1.29 is 9.90 Å². The first-order chi connectivity index (χ1) is 9.70. The molecule has 1 heterocycles. The summed E-state index contributed by atoms with van der Waals surface area (Å²) in [5.74, 6) is -0.860. The van der Waals surface area contributed by atoms with Gasteiger partial charge in [0.1, 0.15) is 0 Å². The van der Waals surface area contributed by atoms with Gasteiger partial charge in [-0.25, -0.2) is 0 Å². The van der Waals surface area contributed by atoms with Crippen LogP contribution in [0.3, 0.4) is 0 Å². The summed E-state index contributed by atoms with van der Waals surface area (Å²) in [6.45, 7) is 8.47. The largest absolute Gasteiger partial charge is 0.481 e. The Hall–Kier alpha value is -2.10. The molecule has 4 heteroatoms. The lowest BCUT2D eigenvalue weighted by Crippen LogP contribution is -2.11. The number of hydrogen-bond donors (Lipinski definition) is 1. The highest BCUT2D eigenvalue weighted by Crippen LogP contribution is 2.31. The second-order valence-corrected chi connectivity index (χ2v) is 6.43. The SMILES string of the molecule is Cc1c(-c2cccc(C(C)(C)C)c2)c(CC(=O)O)nn1C. The van der Waals surface area contributed by atoms with Crippen molar-refractivity contribution in [1.29, 1.82) is 0 Å². The third-order valence-corrected chi connectivity index (χ3v) is 3.74. The minimum Gasteiger partial charge on any atom is -0.481 e. The predicted octanol–water partition coefficient (Wildman–Crippen LogP) is 3.32. The molecule has 0 saturated heterocycles. The van der Waals surface area contributed by atoms with Gasteiger partial charge in [-0.05, 0) is 23.5 Å². The molecule has 2 rings (SSSR count). The van der Waals surface area contributed by atoms with Crippen LogP contribution in [0, 0.1) is 6.92 Å². The lowest BCUT2D eigenvalue weighted by molar-refractivity contribution is -0.136. The summed E-state index contributed by atoms with van der Waals surface area (Å²) >= 11 is 0. The van der Waals surface area contributed by atoms with Crippen LogP contribution in [0.5, 0.6) is 0 Å². The normalized spacial score (nSPS) is 11.7. The molecule has 0 atom stereocenters. The van der Waals surface area contributed by atoms with Gasteiger partial charge in [-0.15, -0.1) is 0 Å². The fourth-order valence-corrected chi connectivity index (χ4v) is 2.46. The molecule has 0 saturated carbocycles. The molecule has 4 nitrogen and oxygen atoms in total. The van der Waals surface area contributed by atoms with Crippen molar-refractivity contribution in [1.82, 2.24) is 9.78 Å². The number of nitrogens with zero attached hydrogens (tertiary/aromatic N) is 2. The number of carboxylic acid groups (broad SMARTS) is 1. The molecule has 0 aliphatic heterocycles. The van der Waals surface area contributed by atoms with Crippen molar-refractivity contribution in [2.45, 2.75) is 39.5 Å². The van der Waals surface area contributed by atoms with Crippen LogP contribution in [0.1, 0.15) is 37.7 Å². The highest BCUT2D eigenvalue weighted by atomic mass is 16.4. The molecule has 1 N–H and O–H groups in total. The Balaban J connectivity index is 2.58. The van der Waals surface area contributed by atoms with Crippen LogP contribution in [0.2, 0.25) is 0 Å². The summed E-state index contributed by atoms with van der Waals surface area (Å²) < 4.78 is 1.75. The lowest BCUT2D eigenvalue weighted by atomic mass is 9.85. The van der Waals surface area contributed by atoms with Gasteiger partial charge < -0.3 is 5.11 Å². The van der Waals surface area contributed by atoms with E-state index >= 15 is 0 Å². The number of hydrogen-bond acceptors (Lipinski definition) is 2. The third kappa shape index (κ3) is 3.15. The second kappa shape index (κ2) is 5.35. The number of aryl methyl sites for hydroxylation is 1. The van der Waals surface area contributed by atoms with E-state index in [-0.39, 0.29) is 11.8 Å². The Bertz CT molecular complexity index is 679. The molecule has 0 amide bonds. The van der Waals surface area contributed by atoms with E-state index in [0.29, 0.717) is 5.69 Å². The molecule has 0 aliphatic carbocycles. The number of benzene rings is 1. The van der Waals surface area contributed by atoms with Crippen LogP contribution in [0.25, 0.3) is 11.1 Å². The monoisotopic (exact) mass is 286 g/mol. The van der Waals surface area contributed by atoms with Crippen molar-refractivity contribution >= 4 is 5.97 Å². The predicted molar refractivity (Wildman–Crippen MR) is 83.4 cm³/mol. The van der Waals surface area contributed by atoms with Gasteiger partial charge in [0, 0.05) is 18.3 Å². The molecule has 0 bridgehead atoms. The first-order valence-corrected chi connectivity index (χ1v) is 7.05. The maximum atomic E-state index is 11.0. The van der Waals surface area contributed by atoms with Crippen LogP contribution in [0.4, 0.5) is 0 Å². The highest BCUT2D eigenvalue weighted by molar-refractivity contribution is 5.77. The Morgan fingerprint density at radius 2 is 2.00 bits per heavy atom. The van der Waals surface area contributed by atoms with E-state index in [9.17, 15) is 4.79 Å². The number of aromatic nitrogens is 2. The van der Waals surface area contributed by atoms with E-state index in [1.165, 1.54) is 5.56 Å². The topological polar surface area (TPSA) is 55.1 Å². The van der Waals surface area contributed by atoms with Crippen LogP contribution in [0.15, 0.2) is 24.3 Å². The van der Waals surface area contributed by atoms with E-state index in [4.69, 9.17) is 5.11 Å². The van der Waals surface area contributed by atoms with Gasteiger partial charge >= 0.3 is 5.97 Å². The second-order valence-electron chi connectivity index (χ2n) is 6.43.